The molecule has 0 heterocycles. The van der Waals surface area contributed by atoms with Gasteiger partial charge in [-0.1, -0.05) is 0 Å². The zero-order valence-electron chi connectivity index (χ0n) is 6.17. The van der Waals surface area contributed by atoms with Gasteiger partial charge in [0.1, 0.15) is 6.29 Å². The van der Waals surface area contributed by atoms with E-state index in [-0.39, 0.29) is 70.6 Å². The van der Waals surface area contributed by atoms with Crippen molar-refractivity contribution in [2.45, 2.75) is 19.3 Å². The molecule has 2 N–H and O–H groups in total. The van der Waals surface area contributed by atoms with Crippen molar-refractivity contribution in [3.8, 4) is 0 Å². The molecule has 0 fully saturated rings. The topological polar surface area (TPSA) is 101 Å². The Morgan fingerprint density at radius 2 is 2.00 bits per heavy atom. The van der Waals surface area contributed by atoms with Gasteiger partial charge in [-0.2, -0.15) is 0 Å². The SMILES string of the molecule is O=CCCCC(=O)OP(=O)(O)O.[KH]. The number of aldehydes is 1. The number of carbonyl (C=O) groups excluding carboxylic acids is 2. The Morgan fingerprint density at radius 3 is 2.38 bits per heavy atom. The van der Waals surface area contributed by atoms with E-state index in [0.29, 0.717) is 6.29 Å². The summed E-state index contributed by atoms with van der Waals surface area (Å²) >= 11 is 0. The first kappa shape index (κ1) is 16.4. The summed E-state index contributed by atoms with van der Waals surface area (Å²) in [4.78, 5) is 36.6. The Morgan fingerprint density at radius 1 is 1.46 bits per heavy atom. The monoisotopic (exact) mass is 236 g/mol. The Hall–Kier alpha value is 0.926. The van der Waals surface area contributed by atoms with E-state index in [1.807, 2.05) is 0 Å². The minimum absolute atomic E-state index is 0. The molecule has 0 bridgehead atoms. The van der Waals surface area contributed by atoms with Crippen LogP contribution in [0.4, 0.5) is 0 Å². The third kappa shape index (κ3) is 12.9. The molecule has 0 saturated carbocycles. The van der Waals surface area contributed by atoms with Gasteiger partial charge < -0.3 is 9.32 Å². The first-order valence-corrected chi connectivity index (χ1v) is 4.70. The van der Waals surface area contributed by atoms with Gasteiger partial charge >= 0.3 is 65.2 Å². The van der Waals surface area contributed by atoms with E-state index in [1.54, 1.807) is 0 Å². The fourth-order valence-corrected chi connectivity index (χ4v) is 0.865. The summed E-state index contributed by atoms with van der Waals surface area (Å²) in [6.45, 7) is 0. The van der Waals surface area contributed by atoms with Gasteiger partial charge in [0.05, 0.1) is 0 Å². The van der Waals surface area contributed by atoms with Crippen LogP contribution in [-0.4, -0.2) is 73.4 Å². The standard InChI is InChI=1S/C5H9O6P.K.H/c6-4-2-1-3-5(7)11-12(8,9)10;;/h4H,1-3H2,(H2,8,9,10);;. The van der Waals surface area contributed by atoms with Gasteiger partial charge in [-0.05, 0) is 6.42 Å². The summed E-state index contributed by atoms with van der Waals surface area (Å²) in [5.41, 5.74) is 0. The van der Waals surface area contributed by atoms with Crippen molar-refractivity contribution in [3.05, 3.63) is 0 Å². The van der Waals surface area contributed by atoms with Crippen LogP contribution in [0.1, 0.15) is 19.3 Å². The predicted octanol–water partition coefficient (Wildman–Crippen LogP) is -0.657. The van der Waals surface area contributed by atoms with E-state index >= 15 is 0 Å². The van der Waals surface area contributed by atoms with E-state index in [1.165, 1.54) is 0 Å². The molecule has 0 aliphatic heterocycles. The average molecular weight is 236 g/mol. The molecule has 0 atom stereocenters. The van der Waals surface area contributed by atoms with Crippen molar-refractivity contribution in [3.63, 3.8) is 0 Å². The van der Waals surface area contributed by atoms with Gasteiger partial charge in [0.15, 0.2) is 0 Å². The number of phosphoric ester groups is 1. The molecule has 0 radical (unpaired) electrons. The normalized spacial score (nSPS) is 10.0. The molecule has 13 heavy (non-hydrogen) atoms. The summed E-state index contributed by atoms with van der Waals surface area (Å²) in [7, 11) is -4.71. The van der Waals surface area contributed by atoms with E-state index in [0.717, 1.165) is 0 Å². The van der Waals surface area contributed by atoms with Crippen LogP contribution < -0.4 is 0 Å². The molecule has 0 aromatic heterocycles. The molecule has 0 aromatic carbocycles. The predicted molar refractivity (Wildman–Crippen MR) is 45.2 cm³/mol. The molecule has 0 rings (SSSR count). The average Bonchev–Trinajstić information content (AvgIpc) is 1.84. The van der Waals surface area contributed by atoms with Gasteiger partial charge in [0.2, 0.25) is 0 Å². The van der Waals surface area contributed by atoms with Crippen LogP contribution in [0, 0.1) is 0 Å². The molecule has 0 aromatic rings. The Balaban J connectivity index is 0. The molecular weight excluding hydrogens is 226 g/mol. The first-order chi connectivity index (χ1) is 5.45. The molecule has 0 amide bonds. The van der Waals surface area contributed by atoms with Crippen molar-refractivity contribution in [2.24, 2.45) is 0 Å². The molecule has 8 heteroatoms. The van der Waals surface area contributed by atoms with Crippen LogP contribution in [0.25, 0.3) is 0 Å². The van der Waals surface area contributed by atoms with Crippen LogP contribution in [0.2, 0.25) is 0 Å². The van der Waals surface area contributed by atoms with Crippen molar-refractivity contribution in [1.29, 1.82) is 0 Å². The summed E-state index contributed by atoms with van der Waals surface area (Å²) in [5.74, 6) is -0.995. The molecule has 0 unspecified atom stereocenters. The quantitative estimate of drug-likeness (QED) is 0.284. The van der Waals surface area contributed by atoms with Crippen molar-refractivity contribution in [2.75, 3.05) is 0 Å². The molecule has 6 nitrogen and oxygen atoms in total. The van der Waals surface area contributed by atoms with Crippen LogP contribution in [0.15, 0.2) is 0 Å². The summed E-state index contributed by atoms with van der Waals surface area (Å²) < 4.78 is 13.8. The summed E-state index contributed by atoms with van der Waals surface area (Å²) in [6, 6.07) is 0. The Labute approximate surface area is 118 Å². The van der Waals surface area contributed by atoms with Gasteiger partial charge in [-0.15, -0.1) is 0 Å². The van der Waals surface area contributed by atoms with Crippen LogP contribution in [0.3, 0.4) is 0 Å². The second-order valence-electron chi connectivity index (χ2n) is 2.01. The van der Waals surface area contributed by atoms with Crippen LogP contribution in [0.5, 0.6) is 0 Å². The van der Waals surface area contributed by atoms with E-state index in [4.69, 9.17) is 9.79 Å². The number of carbonyl (C=O) groups is 2. The van der Waals surface area contributed by atoms with E-state index < -0.39 is 13.8 Å². The molecule has 0 spiro atoms. The number of phosphoric acid groups is 1. The Kier molecular flexibility index (Phi) is 10.4. The summed E-state index contributed by atoms with van der Waals surface area (Å²) in [6.07, 6.45) is 0.868. The number of rotatable bonds is 5. The van der Waals surface area contributed by atoms with Crippen molar-refractivity contribution < 1.29 is 28.5 Å². The van der Waals surface area contributed by atoms with E-state index in [2.05, 4.69) is 4.52 Å². The molecular formula is C5H10KO6P. The minimum atomic E-state index is -4.71. The fraction of sp³-hybridized carbons (Fsp3) is 0.600. The zero-order chi connectivity index (χ0) is 9.61. The second-order valence-corrected chi connectivity index (χ2v) is 3.18. The third-order valence-corrected chi connectivity index (χ3v) is 1.37. The van der Waals surface area contributed by atoms with Crippen molar-refractivity contribution in [1.82, 2.24) is 0 Å². The first-order valence-electron chi connectivity index (χ1n) is 3.17. The fourth-order valence-electron chi connectivity index (χ4n) is 0.508. The van der Waals surface area contributed by atoms with Crippen LogP contribution >= 0.6 is 7.82 Å². The number of unbranched alkanes of at least 4 members (excludes halogenated alkanes) is 1. The maximum atomic E-state index is 10.5. The molecule has 0 aliphatic rings. The molecule has 0 aliphatic carbocycles. The second kappa shape index (κ2) is 8.25. The Bertz CT molecular complexity index is 211. The van der Waals surface area contributed by atoms with Gasteiger partial charge in [-0.25, -0.2) is 4.57 Å². The molecule has 72 valence electrons. The third-order valence-electron chi connectivity index (χ3n) is 0.924. The maximum absolute atomic E-state index is 10.5. The van der Waals surface area contributed by atoms with Gasteiger partial charge in [0, 0.05) is 12.8 Å². The number of hydrogen-bond acceptors (Lipinski definition) is 4. The van der Waals surface area contributed by atoms with Crippen LogP contribution in [-0.2, 0) is 18.7 Å². The van der Waals surface area contributed by atoms with Gasteiger partial charge in [0.25, 0.3) is 0 Å². The summed E-state index contributed by atoms with van der Waals surface area (Å²) in [5, 5.41) is 0. The van der Waals surface area contributed by atoms with E-state index in [9.17, 15) is 14.2 Å². The molecule has 0 saturated heterocycles. The van der Waals surface area contributed by atoms with Gasteiger partial charge in [-0.3, -0.25) is 14.6 Å². The number of hydrogen-bond donors (Lipinski definition) is 2. The van der Waals surface area contributed by atoms with Crippen molar-refractivity contribution >= 4 is 71.5 Å². The zero-order valence-corrected chi connectivity index (χ0v) is 7.07.